The van der Waals surface area contributed by atoms with E-state index >= 15 is 0 Å². The molecule has 0 spiro atoms. The van der Waals surface area contributed by atoms with Crippen molar-refractivity contribution in [2.24, 2.45) is 0 Å². The number of likely N-dealkylation sites (tertiary alicyclic amines) is 1. The average Bonchev–Trinajstić information content (AvgIpc) is 3.48. The van der Waals surface area contributed by atoms with Crippen molar-refractivity contribution >= 4 is 5.97 Å². The van der Waals surface area contributed by atoms with E-state index in [1.807, 2.05) is 0 Å². The van der Waals surface area contributed by atoms with Gasteiger partial charge in [0.15, 0.2) is 0 Å². The highest BCUT2D eigenvalue weighted by Crippen LogP contribution is 2.14. The Balaban J connectivity index is 1.86. The topological polar surface area (TPSA) is 68.2 Å². The van der Waals surface area contributed by atoms with Crippen molar-refractivity contribution in [2.45, 2.75) is 154 Å². The zero-order valence-electron chi connectivity index (χ0n) is 26.3. The van der Waals surface area contributed by atoms with E-state index < -0.39 is 0 Å². The van der Waals surface area contributed by atoms with Crippen LogP contribution in [0.15, 0.2) is 12.2 Å². The second-order valence-electron chi connectivity index (χ2n) is 11.6. The number of unbranched alkanes of at least 4 members (excludes halogenated alkanes) is 12. The summed E-state index contributed by atoms with van der Waals surface area (Å²) in [5, 5.41) is 9.17. The van der Waals surface area contributed by atoms with Gasteiger partial charge in [-0.1, -0.05) is 76.9 Å². The molecule has 1 aliphatic heterocycles. The fourth-order valence-electron chi connectivity index (χ4n) is 5.32. The lowest BCUT2D eigenvalue weighted by atomic mass is 10.1. The lowest BCUT2D eigenvalue weighted by molar-refractivity contribution is -0.150. The molecule has 1 atom stereocenters. The van der Waals surface area contributed by atoms with E-state index in [4.69, 9.17) is 14.2 Å². The van der Waals surface area contributed by atoms with Crippen LogP contribution in [0.5, 0.6) is 0 Å². The number of allylic oxidation sites excluding steroid dienone is 2. The highest BCUT2D eigenvalue weighted by atomic mass is 16.7. The maximum atomic E-state index is 12.3. The van der Waals surface area contributed by atoms with E-state index in [0.29, 0.717) is 32.7 Å². The Morgan fingerprint density at radius 1 is 0.750 bits per heavy atom. The predicted octanol–water partition coefficient (Wildman–Crippen LogP) is 8.36. The fraction of sp³-hybridized carbons (Fsp3) is 0.912. The van der Waals surface area contributed by atoms with Crippen LogP contribution in [0.25, 0.3) is 0 Å². The van der Waals surface area contributed by atoms with Gasteiger partial charge in [0.2, 0.25) is 0 Å². The number of hydrogen-bond acceptors (Lipinski definition) is 6. The van der Waals surface area contributed by atoms with E-state index in [1.54, 1.807) is 0 Å². The van der Waals surface area contributed by atoms with Crippen molar-refractivity contribution in [3.05, 3.63) is 12.2 Å². The van der Waals surface area contributed by atoms with Crippen molar-refractivity contribution < 1.29 is 24.1 Å². The van der Waals surface area contributed by atoms with Crippen LogP contribution in [0, 0.1) is 0 Å². The molecule has 0 aromatic carbocycles. The van der Waals surface area contributed by atoms with Crippen LogP contribution in [-0.4, -0.2) is 68.3 Å². The number of esters is 1. The van der Waals surface area contributed by atoms with Crippen molar-refractivity contribution in [1.29, 1.82) is 0 Å². The van der Waals surface area contributed by atoms with Crippen molar-refractivity contribution in [1.82, 2.24) is 4.90 Å². The van der Waals surface area contributed by atoms with Crippen LogP contribution < -0.4 is 0 Å². The Kier molecular flexibility index (Phi) is 27.4. The minimum Gasteiger partial charge on any atom is -0.462 e. The summed E-state index contributed by atoms with van der Waals surface area (Å²) in [5.74, 6) is -0.109. The van der Waals surface area contributed by atoms with Gasteiger partial charge in [-0.25, -0.2) is 0 Å². The third-order valence-electron chi connectivity index (χ3n) is 7.82. The molecule has 0 saturated carbocycles. The van der Waals surface area contributed by atoms with Crippen LogP contribution in [0.3, 0.4) is 0 Å². The number of aliphatic hydroxyl groups is 1. The van der Waals surface area contributed by atoms with Crippen molar-refractivity contribution in [3.8, 4) is 0 Å². The number of carbonyl (C=O) groups excluding carboxylic acids is 1. The van der Waals surface area contributed by atoms with Crippen LogP contribution >= 0.6 is 0 Å². The number of carbonyl (C=O) groups is 1. The lowest BCUT2D eigenvalue weighted by Gasteiger charge is -2.18. The highest BCUT2D eigenvalue weighted by molar-refractivity contribution is 5.69. The molecule has 1 unspecified atom stereocenters. The van der Waals surface area contributed by atoms with E-state index in [0.717, 1.165) is 51.9 Å². The van der Waals surface area contributed by atoms with Gasteiger partial charge in [0.1, 0.15) is 12.9 Å². The number of rotatable bonds is 30. The van der Waals surface area contributed by atoms with Gasteiger partial charge in [-0.3, -0.25) is 4.79 Å². The highest BCUT2D eigenvalue weighted by Gasteiger charge is 2.16. The van der Waals surface area contributed by atoms with E-state index in [-0.39, 0.29) is 18.7 Å². The van der Waals surface area contributed by atoms with Gasteiger partial charge in [0.25, 0.3) is 0 Å². The largest absolute Gasteiger partial charge is 0.462 e. The maximum Gasteiger partial charge on any atom is 0.306 e. The average molecular weight is 568 g/mol. The number of aliphatic hydroxyl groups excluding tert-OH is 1. The molecule has 0 aromatic rings. The molecule has 1 rings (SSSR count). The molecule has 0 radical (unpaired) electrons. The Hall–Kier alpha value is -0.950. The Morgan fingerprint density at radius 2 is 1.32 bits per heavy atom. The van der Waals surface area contributed by atoms with Crippen LogP contribution in [0.2, 0.25) is 0 Å². The third kappa shape index (κ3) is 24.8. The second kappa shape index (κ2) is 29.5. The number of hydrogen-bond donors (Lipinski definition) is 1. The normalized spacial score (nSPS) is 14.8. The molecule has 6 nitrogen and oxygen atoms in total. The molecule has 6 heteroatoms. The first kappa shape index (κ1) is 37.1. The summed E-state index contributed by atoms with van der Waals surface area (Å²) in [6.45, 7) is 7.42. The van der Waals surface area contributed by atoms with E-state index in [1.165, 1.54) is 96.3 Å². The molecule has 1 N–H and O–H groups in total. The molecule has 40 heavy (non-hydrogen) atoms. The zero-order chi connectivity index (χ0) is 28.8. The molecular weight excluding hydrogens is 502 g/mol. The first-order valence-electron chi connectivity index (χ1n) is 17.1. The summed E-state index contributed by atoms with van der Waals surface area (Å²) in [6.07, 6.45) is 29.9. The van der Waals surface area contributed by atoms with Crippen molar-refractivity contribution in [3.63, 3.8) is 0 Å². The van der Waals surface area contributed by atoms with Gasteiger partial charge in [-0.05, 0) is 96.7 Å². The summed E-state index contributed by atoms with van der Waals surface area (Å²) in [5.41, 5.74) is 0. The molecule has 1 aliphatic rings. The lowest BCUT2D eigenvalue weighted by Crippen LogP contribution is -2.23. The molecule has 0 amide bonds. The van der Waals surface area contributed by atoms with Gasteiger partial charge < -0.3 is 24.2 Å². The molecule has 1 heterocycles. The third-order valence-corrected chi connectivity index (χ3v) is 7.82. The van der Waals surface area contributed by atoms with Crippen molar-refractivity contribution in [2.75, 3.05) is 46.2 Å². The summed E-state index contributed by atoms with van der Waals surface area (Å²) in [4.78, 5) is 14.7. The van der Waals surface area contributed by atoms with Crippen LogP contribution in [0.1, 0.15) is 148 Å². The maximum absolute atomic E-state index is 12.3. The van der Waals surface area contributed by atoms with Gasteiger partial charge in [0.05, 0.1) is 0 Å². The van der Waals surface area contributed by atoms with Crippen LogP contribution in [0.4, 0.5) is 0 Å². The smallest absolute Gasteiger partial charge is 0.306 e. The minimum absolute atomic E-state index is 0.109. The first-order valence-corrected chi connectivity index (χ1v) is 17.1. The Bertz CT molecular complexity index is 565. The fourth-order valence-corrected chi connectivity index (χ4v) is 5.32. The number of nitrogens with zero attached hydrogens (tertiary/aromatic N) is 1. The van der Waals surface area contributed by atoms with E-state index in [9.17, 15) is 9.90 Å². The molecule has 0 aromatic heterocycles. The first-order chi connectivity index (χ1) is 19.8. The van der Waals surface area contributed by atoms with E-state index in [2.05, 4.69) is 24.0 Å². The molecule has 0 aliphatic carbocycles. The summed E-state index contributed by atoms with van der Waals surface area (Å²) in [6, 6.07) is 0. The standard InChI is InChI=1S/C34H65NO5/c1-2-3-4-5-6-7-8-9-10-11-12-13-14-15-16-19-30-38-32-39-31-22-24-33(23-21-29-36)40-34(37)25-20-28-35-26-17-18-27-35/h9-10,33,36H,2-8,11-32H2,1H3. The molecular formula is C34H65NO5. The predicted molar refractivity (Wildman–Crippen MR) is 167 cm³/mol. The SMILES string of the molecule is CCCCCCCCC=CCCCCCCCCOCOCCCC(CCCO)OC(=O)CCCN1CCCC1. The second-order valence-corrected chi connectivity index (χ2v) is 11.6. The summed E-state index contributed by atoms with van der Waals surface area (Å²) in [7, 11) is 0. The zero-order valence-corrected chi connectivity index (χ0v) is 26.3. The Labute approximate surface area is 247 Å². The van der Waals surface area contributed by atoms with Gasteiger partial charge in [-0.15, -0.1) is 0 Å². The van der Waals surface area contributed by atoms with Gasteiger partial charge >= 0.3 is 5.97 Å². The van der Waals surface area contributed by atoms with Gasteiger partial charge in [0, 0.05) is 26.2 Å². The summed E-state index contributed by atoms with van der Waals surface area (Å²) < 4.78 is 16.9. The Morgan fingerprint density at radius 3 is 1.98 bits per heavy atom. The molecule has 1 fully saturated rings. The van der Waals surface area contributed by atoms with Crippen LogP contribution in [-0.2, 0) is 19.0 Å². The quantitative estimate of drug-likeness (QED) is 0.0407. The van der Waals surface area contributed by atoms with Gasteiger partial charge in [-0.2, -0.15) is 0 Å². The summed E-state index contributed by atoms with van der Waals surface area (Å²) >= 11 is 0. The molecule has 0 bridgehead atoms. The molecule has 236 valence electrons. The minimum atomic E-state index is -0.128. The monoisotopic (exact) mass is 567 g/mol. The molecule has 1 saturated heterocycles. The number of ether oxygens (including phenoxy) is 3.